The highest BCUT2D eigenvalue weighted by atomic mass is 16.1. The van der Waals surface area contributed by atoms with Crippen molar-refractivity contribution in [1.29, 1.82) is 0 Å². The zero-order valence-corrected chi connectivity index (χ0v) is 10.5. The minimum Gasteiger partial charge on any atom is -0.368 e. The molecule has 1 aromatic rings. The summed E-state index contributed by atoms with van der Waals surface area (Å²) in [7, 11) is 0. The van der Waals surface area contributed by atoms with Crippen LogP contribution in [-0.4, -0.2) is 11.9 Å². The number of amides is 1. The highest BCUT2D eigenvalue weighted by molar-refractivity contribution is 5.79. The number of nitrogens with two attached hydrogens (primary N) is 1. The van der Waals surface area contributed by atoms with Crippen molar-refractivity contribution in [1.82, 2.24) is 5.32 Å². The fourth-order valence-corrected chi connectivity index (χ4v) is 2.41. The van der Waals surface area contributed by atoms with Gasteiger partial charge in [-0.2, -0.15) is 0 Å². The Kier molecular flexibility index (Phi) is 3.48. The molecule has 3 N–H and O–H groups in total. The van der Waals surface area contributed by atoms with E-state index in [0.717, 1.165) is 0 Å². The van der Waals surface area contributed by atoms with Crippen molar-refractivity contribution in [2.45, 2.75) is 45.2 Å². The van der Waals surface area contributed by atoms with Gasteiger partial charge in [0.1, 0.15) is 0 Å². The first-order chi connectivity index (χ1) is 8.08. The second-order valence-corrected chi connectivity index (χ2v) is 4.89. The minimum absolute atomic E-state index is 0.156. The number of hydrogen-bond donors (Lipinski definition) is 2. The highest BCUT2D eigenvalue weighted by Crippen LogP contribution is 2.25. The van der Waals surface area contributed by atoms with Crippen LogP contribution in [0.25, 0.3) is 0 Å². The summed E-state index contributed by atoms with van der Waals surface area (Å²) in [5.74, 6) is -0.307. The number of rotatable bonds is 4. The molecule has 0 bridgehead atoms. The third-order valence-corrected chi connectivity index (χ3v) is 3.55. The first-order valence-electron chi connectivity index (χ1n) is 6.25. The molecule has 17 heavy (non-hydrogen) atoms. The lowest BCUT2D eigenvalue weighted by atomic mass is 10.0. The van der Waals surface area contributed by atoms with E-state index in [4.69, 9.17) is 5.73 Å². The Morgan fingerprint density at radius 2 is 2.00 bits per heavy atom. The number of carbonyl (C=O) groups is 1. The molecule has 92 valence electrons. The molecule has 0 radical (unpaired) electrons. The van der Waals surface area contributed by atoms with Gasteiger partial charge in [-0.15, -0.1) is 0 Å². The Hall–Kier alpha value is -1.35. The molecule has 0 heterocycles. The van der Waals surface area contributed by atoms with Crippen LogP contribution in [0.4, 0.5) is 0 Å². The Labute approximate surface area is 102 Å². The molecule has 3 nitrogen and oxygen atoms in total. The fraction of sp³-hybridized carbons (Fsp3) is 0.500. The molecule has 1 aliphatic rings. The van der Waals surface area contributed by atoms with Gasteiger partial charge in [-0.1, -0.05) is 18.2 Å². The quantitative estimate of drug-likeness (QED) is 0.830. The largest absolute Gasteiger partial charge is 0.368 e. The molecule has 0 saturated heterocycles. The average Bonchev–Trinajstić information content (AvgIpc) is 2.75. The van der Waals surface area contributed by atoms with Crippen LogP contribution in [0.3, 0.4) is 0 Å². The van der Waals surface area contributed by atoms with E-state index in [9.17, 15) is 4.79 Å². The maximum Gasteiger partial charge on any atom is 0.234 e. The monoisotopic (exact) mass is 232 g/mol. The molecular weight excluding hydrogens is 212 g/mol. The number of nitrogens with one attached hydrogen (secondary N) is 1. The molecule has 1 amide bonds. The predicted octanol–water partition coefficient (Wildman–Crippen LogP) is 1.70. The van der Waals surface area contributed by atoms with Crippen molar-refractivity contribution in [3.05, 3.63) is 34.9 Å². The average molecular weight is 232 g/mol. The van der Waals surface area contributed by atoms with Crippen molar-refractivity contribution in [3.8, 4) is 0 Å². The first kappa shape index (κ1) is 12.1. The Bertz CT molecular complexity index is 428. The molecule has 0 aliphatic heterocycles. The third kappa shape index (κ3) is 2.67. The van der Waals surface area contributed by atoms with Crippen molar-refractivity contribution >= 4 is 5.91 Å². The van der Waals surface area contributed by atoms with Gasteiger partial charge < -0.3 is 5.73 Å². The number of carbonyl (C=O) groups excluding carboxylic acids is 1. The number of benzene rings is 1. The fourth-order valence-electron chi connectivity index (χ4n) is 2.41. The summed E-state index contributed by atoms with van der Waals surface area (Å²) in [6.07, 6.45) is 3.65. The van der Waals surface area contributed by atoms with Gasteiger partial charge in [0.15, 0.2) is 0 Å². The Morgan fingerprint density at radius 3 is 2.71 bits per heavy atom. The van der Waals surface area contributed by atoms with Crippen LogP contribution in [0.1, 0.15) is 43.0 Å². The number of primary amides is 1. The lowest BCUT2D eigenvalue weighted by Crippen LogP contribution is -2.40. The summed E-state index contributed by atoms with van der Waals surface area (Å²) in [6.45, 7) is 3.86. The summed E-state index contributed by atoms with van der Waals surface area (Å²) >= 11 is 0. The first-order valence-corrected chi connectivity index (χ1v) is 6.25. The van der Waals surface area contributed by atoms with Crippen molar-refractivity contribution < 1.29 is 4.79 Å². The van der Waals surface area contributed by atoms with E-state index in [2.05, 4.69) is 30.4 Å². The van der Waals surface area contributed by atoms with Crippen LogP contribution >= 0.6 is 0 Å². The molecule has 1 aliphatic carbocycles. The van der Waals surface area contributed by atoms with Gasteiger partial charge in [-0.05, 0) is 49.8 Å². The molecule has 1 aromatic carbocycles. The van der Waals surface area contributed by atoms with E-state index in [0.29, 0.717) is 0 Å². The van der Waals surface area contributed by atoms with Gasteiger partial charge in [-0.3, -0.25) is 10.1 Å². The molecule has 2 atom stereocenters. The van der Waals surface area contributed by atoms with Gasteiger partial charge in [-0.25, -0.2) is 0 Å². The molecule has 0 spiro atoms. The van der Waals surface area contributed by atoms with E-state index < -0.39 is 0 Å². The smallest absolute Gasteiger partial charge is 0.234 e. The van der Waals surface area contributed by atoms with E-state index in [-0.39, 0.29) is 18.0 Å². The van der Waals surface area contributed by atoms with Gasteiger partial charge in [0.2, 0.25) is 5.91 Å². The summed E-state index contributed by atoms with van der Waals surface area (Å²) < 4.78 is 0. The number of hydrogen-bond acceptors (Lipinski definition) is 2. The SMILES string of the molecule is CC(NC(C)c1ccc2c(c1)CCC2)C(N)=O. The third-order valence-electron chi connectivity index (χ3n) is 3.55. The zero-order chi connectivity index (χ0) is 12.4. The standard InChI is InChI=1S/C14H20N2O/c1-9(16-10(2)14(15)17)12-7-6-11-4-3-5-13(11)8-12/h6-10,16H,3-5H2,1-2H3,(H2,15,17). The normalized spacial score (nSPS) is 17.5. The maximum absolute atomic E-state index is 11.0. The molecule has 3 heteroatoms. The van der Waals surface area contributed by atoms with Crippen LogP contribution in [0.15, 0.2) is 18.2 Å². The molecule has 0 saturated carbocycles. The van der Waals surface area contributed by atoms with E-state index >= 15 is 0 Å². The van der Waals surface area contributed by atoms with Crippen molar-refractivity contribution in [3.63, 3.8) is 0 Å². The summed E-state index contributed by atoms with van der Waals surface area (Å²) in [5, 5.41) is 3.21. The predicted molar refractivity (Wildman–Crippen MR) is 68.7 cm³/mol. The highest BCUT2D eigenvalue weighted by Gasteiger charge is 2.16. The van der Waals surface area contributed by atoms with Crippen molar-refractivity contribution in [2.24, 2.45) is 5.73 Å². The molecule has 2 rings (SSSR count). The van der Waals surface area contributed by atoms with E-state index in [1.54, 1.807) is 6.92 Å². The van der Waals surface area contributed by atoms with Crippen molar-refractivity contribution in [2.75, 3.05) is 0 Å². The Balaban J connectivity index is 2.09. The maximum atomic E-state index is 11.0. The van der Waals surface area contributed by atoms with Gasteiger partial charge in [0, 0.05) is 6.04 Å². The van der Waals surface area contributed by atoms with Crippen LogP contribution in [0.2, 0.25) is 0 Å². The lowest BCUT2D eigenvalue weighted by molar-refractivity contribution is -0.119. The molecule has 0 fully saturated rings. The summed E-state index contributed by atoms with van der Waals surface area (Å²) in [5.41, 5.74) is 9.42. The van der Waals surface area contributed by atoms with Crippen LogP contribution in [-0.2, 0) is 17.6 Å². The summed E-state index contributed by atoms with van der Waals surface area (Å²) in [4.78, 5) is 11.0. The van der Waals surface area contributed by atoms with Crippen LogP contribution in [0, 0.1) is 0 Å². The molecule has 2 unspecified atom stereocenters. The van der Waals surface area contributed by atoms with Gasteiger partial charge >= 0.3 is 0 Å². The second kappa shape index (κ2) is 4.88. The van der Waals surface area contributed by atoms with E-state index in [1.807, 2.05) is 0 Å². The second-order valence-electron chi connectivity index (χ2n) is 4.89. The topological polar surface area (TPSA) is 55.1 Å². The molecular formula is C14H20N2O. The number of aryl methyl sites for hydroxylation is 2. The van der Waals surface area contributed by atoms with E-state index in [1.165, 1.54) is 36.0 Å². The summed E-state index contributed by atoms with van der Waals surface area (Å²) in [6, 6.07) is 6.48. The zero-order valence-electron chi connectivity index (χ0n) is 10.5. The van der Waals surface area contributed by atoms with Gasteiger partial charge in [0.25, 0.3) is 0 Å². The minimum atomic E-state index is -0.307. The molecule has 0 aromatic heterocycles. The van der Waals surface area contributed by atoms with Gasteiger partial charge in [0.05, 0.1) is 6.04 Å². The number of fused-ring (bicyclic) bond motifs is 1. The van der Waals surface area contributed by atoms with Crippen LogP contribution < -0.4 is 11.1 Å². The lowest BCUT2D eigenvalue weighted by Gasteiger charge is -2.18. The Morgan fingerprint density at radius 1 is 1.29 bits per heavy atom. The van der Waals surface area contributed by atoms with Crippen LogP contribution in [0.5, 0.6) is 0 Å².